The molecule has 7 rings (SSSR count). The molecule has 0 fully saturated rings. The second-order valence-corrected chi connectivity index (χ2v) is 8.03. The molecule has 6 nitrogen and oxygen atoms in total. The van der Waals surface area contributed by atoms with E-state index in [2.05, 4.69) is 0 Å². The molecule has 2 aliphatic rings. The number of fused-ring (bicyclic) bond motifs is 2. The molecule has 2 heterocycles. The lowest BCUT2D eigenvalue weighted by Crippen LogP contribution is -2.36. The van der Waals surface area contributed by atoms with Crippen LogP contribution in [0.3, 0.4) is 0 Å². The molecule has 5 aromatic carbocycles. The summed E-state index contributed by atoms with van der Waals surface area (Å²) < 4.78 is 7.85. The van der Waals surface area contributed by atoms with Crippen molar-refractivity contribution in [3.8, 4) is 0 Å². The van der Waals surface area contributed by atoms with Gasteiger partial charge in [-0.05, 0) is 56.6 Å². The Labute approximate surface area is 175 Å². The Morgan fingerprint density at radius 1 is 0.581 bits per heavy atom. The van der Waals surface area contributed by atoms with E-state index in [1.54, 1.807) is 24.3 Å². The number of benzene rings is 5. The topological polar surface area (TPSA) is 83.6 Å². The fourth-order valence-electron chi connectivity index (χ4n) is 5.27. The van der Waals surface area contributed by atoms with Gasteiger partial charge in [0.05, 0.1) is 0 Å². The molecule has 0 bridgehead atoms. The number of carbonyl (C=O) groups excluding carboxylic acids is 4. The van der Waals surface area contributed by atoms with Crippen LogP contribution in [-0.2, 0) is 0 Å². The van der Waals surface area contributed by atoms with Gasteiger partial charge in [0.1, 0.15) is 0 Å². The summed E-state index contributed by atoms with van der Waals surface area (Å²) in [6.45, 7) is 0. The van der Waals surface area contributed by atoms with Gasteiger partial charge in [0, 0.05) is 40.1 Å². The fourth-order valence-corrected chi connectivity index (χ4v) is 5.27. The van der Waals surface area contributed by atoms with E-state index in [9.17, 15) is 19.2 Å². The van der Waals surface area contributed by atoms with Crippen LogP contribution in [0.1, 0.15) is 41.4 Å². The third-order valence-corrected chi connectivity index (χ3v) is 6.64. The van der Waals surface area contributed by atoms with Crippen LogP contribution in [0, 0.1) is 0 Å². The number of rotatable bonds is 0. The molecule has 0 atom stereocenters. The zero-order valence-corrected chi connectivity index (χ0v) is 16.1. The number of carbonyl (C=O) groups is 4. The van der Waals surface area contributed by atoms with Crippen LogP contribution in [0.4, 0.5) is 0 Å². The average Bonchev–Trinajstić information content (AvgIpc) is 2.82. The standard InChI is InChI=1S/C25H12N2O4/c1-27-24(30)16-8-4-12-10-2-6-14-20-15(23(29)26-22(14)28)7-3-11(18(10)20)13-5-9-17(25(27)31)21(16)19(12)13/h2-9H,1H3,(H,26,28,29)/i/hD. The van der Waals surface area contributed by atoms with Crippen molar-refractivity contribution < 1.29 is 20.6 Å². The summed E-state index contributed by atoms with van der Waals surface area (Å²) in [5.74, 6) is -1.98. The van der Waals surface area contributed by atoms with Crippen molar-refractivity contribution in [2.45, 2.75) is 0 Å². The Kier molecular flexibility index (Phi) is 2.52. The molecule has 0 saturated carbocycles. The fraction of sp³-hybridized carbons (Fsp3) is 0.0400. The van der Waals surface area contributed by atoms with Gasteiger partial charge in [0.15, 0.2) is 1.41 Å². The molecule has 2 aliphatic heterocycles. The largest absolute Gasteiger partial charge is 0.288 e. The summed E-state index contributed by atoms with van der Waals surface area (Å²) in [5.41, 5.74) is 1.59. The van der Waals surface area contributed by atoms with Crippen LogP contribution in [0.5, 0.6) is 0 Å². The maximum atomic E-state index is 12.8. The highest BCUT2D eigenvalue weighted by molar-refractivity contribution is 6.41. The minimum Gasteiger partial charge on any atom is -0.288 e. The molecular weight excluding hydrogens is 392 g/mol. The summed E-state index contributed by atoms with van der Waals surface area (Å²) in [5, 5.41) is 6.52. The van der Waals surface area contributed by atoms with Crippen LogP contribution in [0.2, 0.25) is 1.41 Å². The number of nitrogens with zero attached hydrogens (tertiary/aromatic N) is 1. The van der Waals surface area contributed by atoms with E-state index < -0.39 is 11.8 Å². The Morgan fingerprint density at radius 3 is 1.35 bits per heavy atom. The predicted molar refractivity (Wildman–Crippen MR) is 116 cm³/mol. The van der Waals surface area contributed by atoms with Gasteiger partial charge >= 0.3 is 0 Å². The van der Waals surface area contributed by atoms with Gasteiger partial charge in [0.2, 0.25) is 0 Å². The SMILES string of the molecule is [2H]N1C(=O)c2ccc3c4ccc5c6c(ccc(c7ccc(c2c37)C1=O)c64)C(=O)N(C)C5=O. The molecule has 4 amide bonds. The van der Waals surface area contributed by atoms with E-state index >= 15 is 0 Å². The number of hydrogen-bond acceptors (Lipinski definition) is 4. The van der Waals surface area contributed by atoms with E-state index in [1.165, 1.54) is 7.05 Å². The van der Waals surface area contributed by atoms with Gasteiger partial charge in [-0.3, -0.25) is 29.4 Å². The van der Waals surface area contributed by atoms with Crippen molar-refractivity contribution in [1.29, 1.82) is 0 Å². The first-order chi connectivity index (χ1) is 15.4. The summed E-state index contributed by atoms with van der Waals surface area (Å²) >= 11 is 0. The third-order valence-electron chi connectivity index (χ3n) is 6.64. The van der Waals surface area contributed by atoms with E-state index in [0.717, 1.165) is 37.2 Å². The highest BCUT2D eigenvalue weighted by Crippen LogP contribution is 2.45. The van der Waals surface area contributed by atoms with Crippen molar-refractivity contribution in [2.75, 3.05) is 7.05 Å². The molecule has 1 N–H and O–H groups in total. The number of nitrogens with one attached hydrogen (secondary N) is 1. The van der Waals surface area contributed by atoms with Crippen molar-refractivity contribution in [1.82, 2.24) is 10.2 Å². The molecule has 0 saturated heterocycles. The Hall–Kier alpha value is -4.32. The first-order valence-corrected chi connectivity index (χ1v) is 9.80. The quantitative estimate of drug-likeness (QED) is 0.241. The minimum absolute atomic E-state index is 0.316. The highest BCUT2D eigenvalue weighted by Gasteiger charge is 2.33. The zero-order chi connectivity index (χ0) is 22.0. The van der Waals surface area contributed by atoms with Crippen molar-refractivity contribution in [2.24, 2.45) is 0 Å². The zero-order valence-electron chi connectivity index (χ0n) is 17.1. The number of hydrogen-bond donors (Lipinski definition) is 1. The predicted octanol–water partition coefficient (Wildman–Crippen LogP) is 3.85. The first kappa shape index (κ1) is 15.5. The molecular formula is C25H12N2O4. The molecule has 6 heteroatoms. The van der Waals surface area contributed by atoms with Gasteiger partial charge in [-0.15, -0.1) is 0 Å². The molecule has 31 heavy (non-hydrogen) atoms. The van der Waals surface area contributed by atoms with Gasteiger partial charge < -0.3 is 0 Å². The lowest BCUT2D eigenvalue weighted by Gasteiger charge is -2.26. The third kappa shape index (κ3) is 1.71. The highest BCUT2D eigenvalue weighted by atomic mass is 16.2. The molecule has 5 aromatic rings. The van der Waals surface area contributed by atoms with Crippen LogP contribution < -0.4 is 5.31 Å². The van der Waals surface area contributed by atoms with Crippen LogP contribution >= 0.6 is 0 Å². The summed E-state index contributed by atoms with van der Waals surface area (Å²) in [6, 6.07) is 14.1. The lowest BCUT2D eigenvalue weighted by atomic mass is 9.82. The number of amides is 4. The average molecular weight is 405 g/mol. The Balaban J connectivity index is 1.77. The maximum Gasteiger partial charge on any atom is 0.261 e. The molecule has 0 radical (unpaired) electrons. The molecule has 146 valence electrons. The van der Waals surface area contributed by atoms with Crippen LogP contribution in [-0.4, -0.2) is 35.6 Å². The van der Waals surface area contributed by atoms with E-state index in [-0.39, 0.29) is 11.8 Å². The van der Waals surface area contributed by atoms with Gasteiger partial charge in [-0.1, -0.05) is 24.3 Å². The second kappa shape index (κ2) is 5.05. The van der Waals surface area contributed by atoms with Crippen molar-refractivity contribution >= 4 is 66.7 Å². The van der Waals surface area contributed by atoms with Gasteiger partial charge in [0.25, 0.3) is 23.6 Å². The second-order valence-electron chi connectivity index (χ2n) is 8.03. The summed E-state index contributed by atoms with van der Waals surface area (Å²) in [7, 11) is 1.48. The summed E-state index contributed by atoms with van der Waals surface area (Å²) in [6.07, 6.45) is 0. The van der Waals surface area contributed by atoms with E-state index in [1.807, 2.05) is 24.3 Å². The van der Waals surface area contributed by atoms with E-state index in [4.69, 9.17) is 1.41 Å². The van der Waals surface area contributed by atoms with Crippen molar-refractivity contribution in [3.63, 3.8) is 0 Å². The van der Waals surface area contributed by atoms with Gasteiger partial charge in [-0.25, -0.2) is 0 Å². The number of imide groups is 2. The van der Waals surface area contributed by atoms with Crippen LogP contribution in [0.25, 0.3) is 43.1 Å². The monoisotopic (exact) mass is 405 g/mol. The molecule has 0 spiro atoms. The molecule has 0 aliphatic carbocycles. The summed E-state index contributed by atoms with van der Waals surface area (Å²) in [4.78, 5) is 52.1. The molecule has 0 unspecified atom stereocenters. The first-order valence-electron chi connectivity index (χ1n) is 10.2. The maximum absolute atomic E-state index is 12.8. The Morgan fingerprint density at radius 2 is 0.935 bits per heavy atom. The Bertz CT molecular complexity index is 1540. The van der Waals surface area contributed by atoms with Crippen LogP contribution in [0.15, 0.2) is 48.5 Å². The lowest BCUT2D eigenvalue weighted by molar-refractivity contribution is 0.0649. The normalized spacial score (nSPS) is 16.5. The van der Waals surface area contributed by atoms with Gasteiger partial charge in [-0.2, -0.15) is 0 Å². The minimum atomic E-state index is -0.651. The van der Waals surface area contributed by atoms with E-state index in [0.29, 0.717) is 38.3 Å². The molecule has 0 aromatic heterocycles. The smallest absolute Gasteiger partial charge is 0.261 e. The van der Waals surface area contributed by atoms with Crippen molar-refractivity contribution in [3.05, 3.63) is 70.8 Å².